The lowest BCUT2D eigenvalue weighted by molar-refractivity contribution is 0.0903. The van der Waals surface area contributed by atoms with Gasteiger partial charge in [0.15, 0.2) is 0 Å². The van der Waals surface area contributed by atoms with Gasteiger partial charge in [0.1, 0.15) is 0 Å². The minimum atomic E-state index is -0.00754. The van der Waals surface area contributed by atoms with Crippen LogP contribution in [0.3, 0.4) is 0 Å². The molecule has 1 aromatic heterocycles. The molecule has 5 heteroatoms. The fourth-order valence-electron chi connectivity index (χ4n) is 2.18. The number of amides is 1. The third-order valence-corrected chi connectivity index (χ3v) is 3.20. The zero-order chi connectivity index (χ0) is 12.1. The van der Waals surface area contributed by atoms with Crippen LogP contribution in [0.15, 0.2) is 18.5 Å². The van der Waals surface area contributed by atoms with Crippen molar-refractivity contribution in [3.63, 3.8) is 0 Å². The molecule has 17 heavy (non-hydrogen) atoms. The van der Waals surface area contributed by atoms with Crippen LogP contribution >= 0.6 is 0 Å². The first-order valence-electron chi connectivity index (χ1n) is 6.06. The average Bonchev–Trinajstić information content (AvgIpc) is 2.86. The number of H-pyrrole nitrogens is 1. The van der Waals surface area contributed by atoms with Gasteiger partial charge >= 0.3 is 0 Å². The molecular weight excluding hydrogens is 218 g/mol. The maximum absolute atomic E-state index is 11.8. The molecule has 94 valence electrons. The Morgan fingerprint density at radius 1 is 1.53 bits per heavy atom. The number of aliphatic hydroxyl groups excluding tert-OH is 1. The zero-order valence-corrected chi connectivity index (χ0v) is 9.85. The SMILES string of the molecule is O=C(NC1CCN(CCO)CC1)c1cc[nH]c1. The molecule has 0 unspecified atom stereocenters. The van der Waals surface area contributed by atoms with Gasteiger partial charge in [-0.1, -0.05) is 0 Å². The van der Waals surface area contributed by atoms with Gasteiger partial charge in [-0.15, -0.1) is 0 Å². The Hall–Kier alpha value is -1.33. The summed E-state index contributed by atoms with van der Waals surface area (Å²) in [6, 6.07) is 2.03. The third kappa shape index (κ3) is 3.31. The quantitative estimate of drug-likeness (QED) is 0.701. The van der Waals surface area contributed by atoms with Crippen LogP contribution in [0.25, 0.3) is 0 Å². The number of piperidine rings is 1. The largest absolute Gasteiger partial charge is 0.395 e. The van der Waals surface area contributed by atoms with Crippen molar-refractivity contribution in [3.8, 4) is 0 Å². The van der Waals surface area contributed by atoms with E-state index in [2.05, 4.69) is 15.2 Å². The van der Waals surface area contributed by atoms with Gasteiger partial charge in [0, 0.05) is 38.1 Å². The topological polar surface area (TPSA) is 68.4 Å². The van der Waals surface area contributed by atoms with Crippen molar-refractivity contribution in [3.05, 3.63) is 24.0 Å². The van der Waals surface area contributed by atoms with Crippen LogP contribution < -0.4 is 5.32 Å². The van der Waals surface area contributed by atoms with Gasteiger partial charge < -0.3 is 20.3 Å². The number of aromatic amines is 1. The smallest absolute Gasteiger partial charge is 0.253 e. The van der Waals surface area contributed by atoms with Crippen molar-refractivity contribution in [1.29, 1.82) is 0 Å². The van der Waals surface area contributed by atoms with Crippen LogP contribution in [0.1, 0.15) is 23.2 Å². The molecule has 5 nitrogen and oxygen atoms in total. The summed E-state index contributed by atoms with van der Waals surface area (Å²) >= 11 is 0. The van der Waals surface area contributed by atoms with Gasteiger partial charge in [-0.3, -0.25) is 4.79 Å². The lowest BCUT2D eigenvalue weighted by atomic mass is 10.0. The van der Waals surface area contributed by atoms with E-state index in [1.807, 2.05) is 0 Å². The molecule has 1 amide bonds. The summed E-state index contributed by atoms with van der Waals surface area (Å²) in [6.45, 7) is 2.83. The summed E-state index contributed by atoms with van der Waals surface area (Å²) in [5.74, 6) is -0.00754. The fraction of sp³-hybridized carbons (Fsp3) is 0.583. The number of nitrogens with one attached hydrogen (secondary N) is 2. The van der Waals surface area contributed by atoms with Gasteiger partial charge in [0.05, 0.1) is 12.2 Å². The molecule has 0 bridgehead atoms. The first-order valence-corrected chi connectivity index (χ1v) is 6.06. The van der Waals surface area contributed by atoms with Crippen molar-refractivity contribution >= 4 is 5.91 Å². The standard InChI is InChI=1S/C12H19N3O2/c16-8-7-15-5-2-11(3-6-15)14-12(17)10-1-4-13-9-10/h1,4,9,11,13,16H,2-3,5-8H2,(H,14,17). The highest BCUT2D eigenvalue weighted by Crippen LogP contribution is 2.10. The van der Waals surface area contributed by atoms with Gasteiger partial charge in [0.2, 0.25) is 0 Å². The van der Waals surface area contributed by atoms with E-state index in [0.717, 1.165) is 32.5 Å². The minimum Gasteiger partial charge on any atom is -0.395 e. The Bertz CT molecular complexity index is 343. The average molecular weight is 237 g/mol. The molecule has 0 saturated carbocycles. The Morgan fingerprint density at radius 2 is 2.29 bits per heavy atom. The maximum atomic E-state index is 11.8. The summed E-state index contributed by atoms with van der Waals surface area (Å²) in [5, 5.41) is 11.9. The summed E-state index contributed by atoms with van der Waals surface area (Å²) in [5.41, 5.74) is 0.683. The maximum Gasteiger partial charge on any atom is 0.253 e. The number of aromatic nitrogens is 1. The van der Waals surface area contributed by atoms with E-state index in [1.54, 1.807) is 18.5 Å². The van der Waals surface area contributed by atoms with Crippen molar-refractivity contribution in [1.82, 2.24) is 15.2 Å². The number of rotatable bonds is 4. The van der Waals surface area contributed by atoms with Crippen molar-refractivity contribution < 1.29 is 9.90 Å². The highest BCUT2D eigenvalue weighted by Gasteiger charge is 2.20. The number of aliphatic hydroxyl groups is 1. The zero-order valence-electron chi connectivity index (χ0n) is 9.85. The van der Waals surface area contributed by atoms with Gasteiger partial charge in [0.25, 0.3) is 5.91 Å². The predicted octanol–water partition coefficient (Wildman–Crippen LogP) is 0.201. The van der Waals surface area contributed by atoms with E-state index in [4.69, 9.17) is 5.11 Å². The number of carbonyl (C=O) groups is 1. The molecule has 0 spiro atoms. The Labute approximate surface area is 101 Å². The number of nitrogens with zero attached hydrogens (tertiary/aromatic N) is 1. The lowest BCUT2D eigenvalue weighted by Crippen LogP contribution is -2.45. The molecule has 3 N–H and O–H groups in total. The van der Waals surface area contributed by atoms with Crippen LogP contribution in [-0.4, -0.2) is 53.2 Å². The van der Waals surface area contributed by atoms with E-state index in [1.165, 1.54) is 0 Å². The first kappa shape index (κ1) is 12.1. The number of hydrogen-bond donors (Lipinski definition) is 3. The van der Waals surface area contributed by atoms with Crippen LogP contribution in [0.2, 0.25) is 0 Å². The van der Waals surface area contributed by atoms with Gasteiger partial charge in [-0.2, -0.15) is 0 Å². The first-order chi connectivity index (χ1) is 8.29. The molecular formula is C12H19N3O2. The van der Waals surface area contributed by atoms with E-state index in [0.29, 0.717) is 5.56 Å². The van der Waals surface area contributed by atoms with E-state index in [9.17, 15) is 4.79 Å². The summed E-state index contributed by atoms with van der Waals surface area (Å²) in [4.78, 5) is 16.9. The number of carbonyl (C=O) groups excluding carboxylic acids is 1. The van der Waals surface area contributed by atoms with E-state index in [-0.39, 0.29) is 18.6 Å². The van der Waals surface area contributed by atoms with Gasteiger partial charge in [-0.25, -0.2) is 0 Å². The lowest BCUT2D eigenvalue weighted by Gasteiger charge is -2.31. The van der Waals surface area contributed by atoms with Crippen LogP contribution in [0.5, 0.6) is 0 Å². The second kappa shape index (κ2) is 5.84. The van der Waals surface area contributed by atoms with Crippen molar-refractivity contribution in [2.75, 3.05) is 26.2 Å². The molecule has 1 aromatic rings. The van der Waals surface area contributed by atoms with Crippen LogP contribution in [0, 0.1) is 0 Å². The molecule has 0 aromatic carbocycles. The number of hydrogen-bond acceptors (Lipinski definition) is 3. The normalized spacial score (nSPS) is 18.2. The van der Waals surface area contributed by atoms with Crippen LogP contribution in [-0.2, 0) is 0 Å². The number of β-amino-alcohol motifs (C(OH)–C–C–N with tert-alkyl or cyclic N) is 1. The van der Waals surface area contributed by atoms with E-state index >= 15 is 0 Å². The molecule has 1 aliphatic rings. The molecule has 0 radical (unpaired) electrons. The summed E-state index contributed by atoms with van der Waals surface area (Å²) in [7, 11) is 0. The van der Waals surface area contributed by atoms with Crippen molar-refractivity contribution in [2.24, 2.45) is 0 Å². The molecule has 1 aliphatic heterocycles. The third-order valence-electron chi connectivity index (χ3n) is 3.20. The predicted molar refractivity (Wildman–Crippen MR) is 64.8 cm³/mol. The van der Waals surface area contributed by atoms with Crippen LogP contribution in [0.4, 0.5) is 0 Å². The second-order valence-corrected chi connectivity index (χ2v) is 4.41. The Morgan fingerprint density at radius 3 is 2.88 bits per heavy atom. The van der Waals surface area contributed by atoms with Crippen molar-refractivity contribution in [2.45, 2.75) is 18.9 Å². The molecule has 1 fully saturated rings. The Kier molecular flexibility index (Phi) is 4.17. The molecule has 2 heterocycles. The van der Waals surface area contributed by atoms with E-state index < -0.39 is 0 Å². The highest BCUT2D eigenvalue weighted by molar-refractivity contribution is 5.94. The Balaban J connectivity index is 1.76. The summed E-state index contributed by atoms with van der Waals surface area (Å²) < 4.78 is 0. The molecule has 2 rings (SSSR count). The fourth-order valence-corrected chi connectivity index (χ4v) is 2.18. The summed E-state index contributed by atoms with van der Waals surface area (Å²) in [6.07, 6.45) is 5.36. The van der Waals surface area contributed by atoms with Gasteiger partial charge in [-0.05, 0) is 18.9 Å². The second-order valence-electron chi connectivity index (χ2n) is 4.41. The highest BCUT2D eigenvalue weighted by atomic mass is 16.3. The molecule has 1 saturated heterocycles. The monoisotopic (exact) mass is 237 g/mol. The number of likely N-dealkylation sites (tertiary alicyclic amines) is 1. The minimum absolute atomic E-state index is 0.00754. The molecule has 0 aliphatic carbocycles. The molecule has 0 atom stereocenters.